The van der Waals surface area contributed by atoms with Gasteiger partial charge in [-0.3, -0.25) is 9.78 Å². The topological polar surface area (TPSA) is 51.2 Å². The number of nitrogens with one attached hydrogen (secondary N) is 1. The van der Waals surface area contributed by atoms with E-state index in [2.05, 4.69) is 10.3 Å². The minimum absolute atomic E-state index is 0.0993. The van der Waals surface area contributed by atoms with Gasteiger partial charge in [-0.05, 0) is 38.1 Å². The van der Waals surface area contributed by atoms with Crippen molar-refractivity contribution in [1.82, 2.24) is 10.3 Å². The average molecular weight is 234 g/mol. The maximum absolute atomic E-state index is 11.7. The lowest BCUT2D eigenvalue weighted by Gasteiger charge is -2.22. The number of pyridine rings is 1. The molecule has 0 aliphatic carbocycles. The fraction of sp³-hybridized carbons (Fsp3) is 0.538. The van der Waals surface area contributed by atoms with E-state index in [0.29, 0.717) is 6.42 Å². The Bertz CT molecular complexity index is 348. The lowest BCUT2D eigenvalue weighted by Crippen LogP contribution is -2.33. The zero-order valence-corrected chi connectivity index (χ0v) is 9.89. The Labute approximate surface area is 101 Å². The molecule has 17 heavy (non-hydrogen) atoms. The van der Waals surface area contributed by atoms with E-state index in [1.54, 1.807) is 6.20 Å². The summed E-state index contributed by atoms with van der Waals surface area (Å²) in [5.41, 5.74) is 0.811. The van der Waals surface area contributed by atoms with Gasteiger partial charge in [-0.15, -0.1) is 0 Å². The van der Waals surface area contributed by atoms with Gasteiger partial charge in [0, 0.05) is 11.9 Å². The van der Waals surface area contributed by atoms with E-state index in [1.807, 2.05) is 18.2 Å². The van der Waals surface area contributed by atoms with E-state index in [0.717, 1.165) is 31.6 Å². The van der Waals surface area contributed by atoms with Gasteiger partial charge in [-0.1, -0.05) is 6.07 Å². The van der Waals surface area contributed by atoms with Gasteiger partial charge < -0.3 is 10.1 Å². The van der Waals surface area contributed by atoms with Crippen molar-refractivity contribution < 1.29 is 9.53 Å². The fourth-order valence-electron chi connectivity index (χ4n) is 1.93. The highest BCUT2D eigenvalue weighted by molar-refractivity contribution is 5.81. The number of carbonyl (C=O) groups excluding carboxylic acids is 1. The van der Waals surface area contributed by atoms with Gasteiger partial charge in [0.1, 0.15) is 6.61 Å². The number of piperidine rings is 1. The van der Waals surface area contributed by atoms with E-state index in [-0.39, 0.29) is 18.5 Å². The monoisotopic (exact) mass is 234 g/mol. The zero-order valence-electron chi connectivity index (χ0n) is 9.89. The molecule has 1 N–H and O–H groups in total. The summed E-state index contributed by atoms with van der Waals surface area (Å²) >= 11 is 0. The standard InChI is InChI=1S/C13H18N2O2/c16-12(9-11-3-1-2-6-15-11)10-17-13-4-7-14-8-5-13/h1-3,6,13-14H,4-5,7-10H2. The van der Waals surface area contributed by atoms with E-state index in [1.165, 1.54) is 0 Å². The van der Waals surface area contributed by atoms with Crippen molar-refractivity contribution in [3.05, 3.63) is 30.1 Å². The number of carbonyl (C=O) groups is 1. The third-order valence-electron chi connectivity index (χ3n) is 2.87. The molecule has 92 valence electrons. The Hall–Kier alpha value is -1.26. The summed E-state index contributed by atoms with van der Waals surface area (Å²) in [6.07, 6.45) is 4.31. The summed E-state index contributed by atoms with van der Waals surface area (Å²) in [5, 5.41) is 3.27. The van der Waals surface area contributed by atoms with E-state index >= 15 is 0 Å². The highest BCUT2D eigenvalue weighted by Gasteiger charge is 2.15. The third kappa shape index (κ3) is 4.24. The molecular formula is C13H18N2O2. The zero-order chi connectivity index (χ0) is 11.9. The number of hydrogen-bond donors (Lipinski definition) is 1. The van der Waals surface area contributed by atoms with E-state index in [4.69, 9.17) is 4.74 Å². The second-order valence-electron chi connectivity index (χ2n) is 4.30. The largest absolute Gasteiger partial charge is 0.370 e. The molecule has 1 aliphatic heterocycles. The normalized spacial score (nSPS) is 16.9. The summed E-state index contributed by atoms with van der Waals surface area (Å²) in [4.78, 5) is 15.8. The molecule has 1 aliphatic rings. The molecule has 0 saturated carbocycles. The van der Waals surface area contributed by atoms with Gasteiger partial charge in [-0.25, -0.2) is 0 Å². The van der Waals surface area contributed by atoms with Crippen LogP contribution >= 0.6 is 0 Å². The van der Waals surface area contributed by atoms with Gasteiger partial charge >= 0.3 is 0 Å². The first-order chi connectivity index (χ1) is 8.34. The molecule has 1 aromatic rings. The van der Waals surface area contributed by atoms with Crippen molar-refractivity contribution in [2.45, 2.75) is 25.4 Å². The number of ketones is 1. The van der Waals surface area contributed by atoms with Crippen molar-refractivity contribution in [3.63, 3.8) is 0 Å². The Morgan fingerprint density at radius 3 is 2.94 bits per heavy atom. The van der Waals surface area contributed by atoms with Crippen LogP contribution in [-0.4, -0.2) is 36.6 Å². The number of rotatable bonds is 5. The number of aromatic nitrogens is 1. The lowest BCUT2D eigenvalue weighted by atomic mass is 10.1. The Balaban J connectivity index is 1.70. The number of nitrogens with zero attached hydrogens (tertiary/aromatic N) is 1. The predicted molar refractivity (Wildman–Crippen MR) is 64.8 cm³/mol. The summed E-state index contributed by atoms with van der Waals surface area (Å²) in [7, 11) is 0. The maximum atomic E-state index is 11.7. The van der Waals surface area contributed by atoms with Crippen LogP contribution in [0.2, 0.25) is 0 Å². The Morgan fingerprint density at radius 2 is 2.24 bits per heavy atom. The second kappa shape index (κ2) is 6.47. The van der Waals surface area contributed by atoms with Crippen LogP contribution < -0.4 is 5.32 Å². The first-order valence-corrected chi connectivity index (χ1v) is 6.08. The van der Waals surface area contributed by atoms with Crippen LogP contribution in [0.15, 0.2) is 24.4 Å². The summed E-state index contributed by atoms with van der Waals surface area (Å²) in [5.74, 6) is 0.0993. The van der Waals surface area contributed by atoms with E-state index < -0.39 is 0 Å². The number of ether oxygens (including phenoxy) is 1. The first kappa shape index (κ1) is 12.2. The van der Waals surface area contributed by atoms with Gasteiger partial charge in [0.15, 0.2) is 5.78 Å². The van der Waals surface area contributed by atoms with Crippen LogP contribution in [0.5, 0.6) is 0 Å². The molecule has 4 heteroatoms. The molecular weight excluding hydrogens is 216 g/mol. The fourth-order valence-corrected chi connectivity index (χ4v) is 1.93. The molecule has 2 rings (SSSR count). The average Bonchev–Trinajstić information content (AvgIpc) is 2.39. The quantitative estimate of drug-likeness (QED) is 0.824. The van der Waals surface area contributed by atoms with Gasteiger partial charge in [0.05, 0.1) is 12.5 Å². The lowest BCUT2D eigenvalue weighted by molar-refractivity contribution is -0.125. The van der Waals surface area contributed by atoms with Crippen LogP contribution in [-0.2, 0) is 16.0 Å². The molecule has 1 fully saturated rings. The van der Waals surface area contributed by atoms with Crippen molar-refractivity contribution >= 4 is 5.78 Å². The van der Waals surface area contributed by atoms with Crippen LogP contribution in [0.1, 0.15) is 18.5 Å². The van der Waals surface area contributed by atoms with Crippen LogP contribution in [0.3, 0.4) is 0 Å². The van der Waals surface area contributed by atoms with Gasteiger partial charge in [0.2, 0.25) is 0 Å². The molecule has 0 unspecified atom stereocenters. The minimum Gasteiger partial charge on any atom is -0.370 e. The summed E-state index contributed by atoms with van der Waals surface area (Å²) in [6.45, 7) is 2.18. The predicted octanol–water partition coefficient (Wildman–Crippen LogP) is 0.962. The maximum Gasteiger partial charge on any atom is 0.164 e. The molecule has 4 nitrogen and oxygen atoms in total. The molecule has 0 bridgehead atoms. The van der Waals surface area contributed by atoms with Crippen LogP contribution in [0, 0.1) is 0 Å². The summed E-state index contributed by atoms with van der Waals surface area (Å²) < 4.78 is 5.60. The van der Waals surface area contributed by atoms with Gasteiger partial charge in [0.25, 0.3) is 0 Å². The minimum atomic E-state index is 0.0993. The molecule has 1 aromatic heterocycles. The van der Waals surface area contributed by atoms with Crippen LogP contribution in [0.25, 0.3) is 0 Å². The molecule has 0 aromatic carbocycles. The Kier molecular flexibility index (Phi) is 4.64. The molecule has 0 radical (unpaired) electrons. The Morgan fingerprint density at radius 1 is 1.41 bits per heavy atom. The molecule has 0 amide bonds. The summed E-state index contributed by atoms with van der Waals surface area (Å²) in [6, 6.07) is 5.60. The van der Waals surface area contributed by atoms with Crippen molar-refractivity contribution in [2.24, 2.45) is 0 Å². The molecule has 0 atom stereocenters. The van der Waals surface area contributed by atoms with Crippen molar-refractivity contribution in [2.75, 3.05) is 19.7 Å². The first-order valence-electron chi connectivity index (χ1n) is 6.08. The highest BCUT2D eigenvalue weighted by atomic mass is 16.5. The molecule has 0 spiro atoms. The van der Waals surface area contributed by atoms with Gasteiger partial charge in [-0.2, -0.15) is 0 Å². The van der Waals surface area contributed by atoms with Crippen molar-refractivity contribution in [1.29, 1.82) is 0 Å². The van der Waals surface area contributed by atoms with Crippen LogP contribution in [0.4, 0.5) is 0 Å². The molecule has 1 saturated heterocycles. The van der Waals surface area contributed by atoms with E-state index in [9.17, 15) is 4.79 Å². The third-order valence-corrected chi connectivity index (χ3v) is 2.87. The number of Topliss-reactive ketones (excluding diaryl/α,β-unsaturated/α-hetero) is 1. The van der Waals surface area contributed by atoms with Crippen molar-refractivity contribution in [3.8, 4) is 0 Å². The smallest absolute Gasteiger partial charge is 0.164 e. The SMILES string of the molecule is O=C(COC1CCNCC1)Cc1ccccn1. The molecule has 2 heterocycles. The highest BCUT2D eigenvalue weighted by Crippen LogP contribution is 2.07. The second-order valence-corrected chi connectivity index (χ2v) is 4.30. The number of hydrogen-bond acceptors (Lipinski definition) is 4.